The number of carbonyl (C=O) groups is 1. The normalized spacial score (nSPS) is 13.5. The number of benzene rings is 3. The van der Waals surface area contributed by atoms with Gasteiger partial charge in [0.25, 0.3) is 5.91 Å². The van der Waals surface area contributed by atoms with Gasteiger partial charge in [0.15, 0.2) is 0 Å². The predicted molar refractivity (Wildman–Crippen MR) is 164 cm³/mol. The number of fused-ring (bicyclic) bond motifs is 1. The molecule has 0 saturated carbocycles. The average molecular weight is 601 g/mol. The van der Waals surface area contributed by atoms with E-state index in [2.05, 4.69) is 33.2 Å². The lowest BCUT2D eigenvalue weighted by molar-refractivity contribution is 0.102. The topological polar surface area (TPSA) is 75.2 Å². The maximum Gasteiger partial charge on any atom is 0.272 e. The van der Waals surface area contributed by atoms with Crippen LogP contribution in [0.3, 0.4) is 0 Å². The number of H-pyrrole nitrogens is 1. The van der Waals surface area contributed by atoms with Crippen molar-refractivity contribution in [2.75, 3.05) is 43.4 Å². The first-order valence-electron chi connectivity index (χ1n) is 12.5. The molecule has 3 aromatic carbocycles. The highest BCUT2D eigenvalue weighted by Crippen LogP contribution is 2.40. The van der Waals surface area contributed by atoms with Crippen LogP contribution in [0.1, 0.15) is 29.9 Å². The van der Waals surface area contributed by atoms with Crippen molar-refractivity contribution in [2.45, 2.75) is 23.6 Å². The molecule has 1 amide bonds. The number of likely N-dealkylation sites (N-methyl/N-ethyl adjacent to an activating group) is 1. The molecule has 0 spiro atoms. The number of carbonyl (C=O) groups excluding carboxylic acids is 1. The number of piperazine rings is 1. The lowest BCUT2D eigenvalue weighted by Gasteiger charge is -2.34. The predicted octanol–water partition coefficient (Wildman–Crippen LogP) is 8.18. The molecule has 2 N–H and O–H groups in total. The molecule has 1 aliphatic heterocycles. The van der Waals surface area contributed by atoms with Crippen LogP contribution in [0.5, 0.6) is 0 Å². The summed E-state index contributed by atoms with van der Waals surface area (Å²) < 4.78 is 0. The minimum atomic E-state index is -0.316. The zero-order valence-corrected chi connectivity index (χ0v) is 24.9. The van der Waals surface area contributed by atoms with Crippen molar-refractivity contribution < 1.29 is 4.79 Å². The van der Waals surface area contributed by atoms with E-state index in [0.717, 1.165) is 52.6 Å². The van der Waals surface area contributed by atoms with E-state index >= 15 is 0 Å². The quantitative estimate of drug-likeness (QED) is 0.242. The van der Waals surface area contributed by atoms with Crippen molar-refractivity contribution in [3.05, 3.63) is 80.9 Å². The lowest BCUT2D eigenvalue weighted by Crippen LogP contribution is -2.44. The fourth-order valence-electron chi connectivity index (χ4n) is 4.28. The number of amides is 1. The van der Waals surface area contributed by atoms with Gasteiger partial charge in [0.1, 0.15) is 11.8 Å². The van der Waals surface area contributed by atoms with Crippen molar-refractivity contribution >= 4 is 74.7 Å². The van der Waals surface area contributed by atoms with Crippen LogP contribution in [0.2, 0.25) is 15.1 Å². The number of hydrogen-bond donors (Lipinski definition) is 2. The summed E-state index contributed by atoms with van der Waals surface area (Å²) in [5.41, 5.74) is 3.08. The highest BCUT2D eigenvalue weighted by molar-refractivity contribution is 7.99. The monoisotopic (exact) mass is 599 g/mol. The Morgan fingerprint density at radius 3 is 2.38 bits per heavy atom. The van der Waals surface area contributed by atoms with Crippen molar-refractivity contribution in [2.24, 2.45) is 0 Å². The molecule has 1 saturated heterocycles. The second-order valence-corrected chi connectivity index (χ2v) is 11.2. The summed E-state index contributed by atoms with van der Waals surface area (Å²) >= 11 is 20.2. The number of aromatic nitrogens is 1. The summed E-state index contributed by atoms with van der Waals surface area (Å²) in [6.07, 6.45) is 0. The molecule has 0 aliphatic carbocycles. The van der Waals surface area contributed by atoms with E-state index in [1.54, 1.807) is 30.3 Å². The highest BCUT2D eigenvalue weighted by atomic mass is 35.5. The molecule has 0 bridgehead atoms. The molecule has 10 heteroatoms. The maximum absolute atomic E-state index is 13.1. The standard InChI is InChI=1S/C27H22Cl3N5OS.C2H6/c1-34-6-8-35(9-7-34)24-4-3-19(10-16(24)15-31)32-27(36)23-14-20-22(33-23)12-18(29)13-26(20)37-25-5-2-17(28)11-21(25)30;1-2/h2-5,10-14,33H,6-9H2,1H3,(H,32,36);1-2H3. The van der Waals surface area contributed by atoms with Gasteiger partial charge in [-0.3, -0.25) is 4.79 Å². The average Bonchev–Trinajstić information content (AvgIpc) is 3.36. The molecule has 202 valence electrons. The third-order valence-corrected chi connectivity index (χ3v) is 8.25. The first kappa shape index (κ1) is 29.1. The van der Waals surface area contributed by atoms with Crippen molar-refractivity contribution in [3.63, 3.8) is 0 Å². The number of rotatable bonds is 5. The Balaban J connectivity index is 0.00000172. The first-order valence-corrected chi connectivity index (χ1v) is 14.5. The zero-order chi connectivity index (χ0) is 28.1. The molecule has 0 unspecified atom stereocenters. The molecule has 0 atom stereocenters. The fraction of sp³-hybridized carbons (Fsp3) is 0.241. The molecule has 1 fully saturated rings. The molecule has 2 heterocycles. The number of aromatic amines is 1. The van der Waals surface area contributed by atoms with Gasteiger partial charge in [-0.25, -0.2) is 0 Å². The molecular formula is C29H28Cl3N5OS. The molecule has 1 aromatic heterocycles. The Morgan fingerprint density at radius 2 is 1.69 bits per heavy atom. The smallest absolute Gasteiger partial charge is 0.272 e. The Bertz CT molecular complexity index is 1540. The van der Waals surface area contributed by atoms with Gasteiger partial charge in [0.05, 0.1) is 16.3 Å². The molecule has 6 nitrogen and oxygen atoms in total. The first-order chi connectivity index (χ1) is 18.8. The molecular weight excluding hydrogens is 573 g/mol. The van der Waals surface area contributed by atoms with Crippen molar-refractivity contribution in [1.29, 1.82) is 5.26 Å². The van der Waals surface area contributed by atoms with Gasteiger partial charge in [-0.1, -0.05) is 60.4 Å². The van der Waals surface area contributed by atoms with Crippen LogP contribution >= 0.6 is 46.6 Å². The van der Waals surface area contributed by atoms with Crippen LogP contribution in [0, 0.1) is 11.3 Å². The summed E-state index contributed by atoms with van der Waals surface area (Å²) in [7, 11) is 2.09. The summed E-state index contributed by atoms with van der Waals surface area (Å²) in [6.45, 7) is 7.60. The Hall–Kier alpha value is -2.86. The van der Waals surface area contributed by atoms with Gasteiger partial charge in [-0.15, -0.1) is 0 Å². The summed E-state index contributed by atoms with van der Waals surface area (Å²) in [4.78, 5) is 22.4. The van der Waals surface area contributed by atoms with Gasteiger partial charge in [-0.2, -0.15) is 5.26 Å². The van der Waals surface area contributed by atoms with Gasteiger partial charge >= 0.3 is 0 Å². The summed E-state index contributed by atoms with van der Waals surface area (Å²) in [6, 6.07) is 18.4. The molecule has 1 aliphatic rings. The Labute approximate surface area is 247 Å². The van der Waals surface area contributed by atoms with Gasteiger partial charge in [0.2, 0.25) is 0 Å². The van der Waals surface area contributed by atoms with E-state index in [0.29, 0.717) is 32.0 Å². The van der Waals surface area contributed by atoms with Crippen molar-refractivity contribution in [1.82, 2.24) is 9.88 Å². The van der Waals surface area contributed by atoms with E-state index < -0.39 is 0 Å². The Kier molecular flexibility index (Phi) is 9.71. The van der Waals surface area contributed by atoms with E-state index in [1.807, 2.05) is 38.1 Å². The maximum atomic E-state index is 13.1. The minimum absolute atomic E-state index is 0.316. The van der Waals surface area contributed by atoms with Crippen LogP contribution in [0.15, 0.2) is 64.4 Å². The number of nitrogens with one attached hydrogen (secondary N) is 2. The van der Waals surface area contributed by atoms with Gasteiger partial charge in [0, 0.05) is 62.6 Å². The van der Waals surface area contributed by atoms with Gasteiger partial charge in [-0.05, 0) is 61.6 Å². The van der Waals surface area contributed by atoms with E-state index in [1.165, 1.54) is 11.8 Å². The summed E-state index contributed by atoms with van der Waals surface area (Å²) in [5.74, 6) is -0.316. The zero-order valence-electron chi connectivity index (χ0n) is 21.8. The number of halogens is 3. The van der Waals surface area contributed by atoms with Crippen molar-refractivity contribution in [3.8, 4) is 6.07 Å². The molecule has 39 heavy (non-hydrogen) atoms. The van der Waals surface area contributed by atoms with E-state index in [4.69, 9.17) is 34.8 Å². The van der Waals surface area contributed by atoms with Gasteiger partial charge < -0.3 is 20.1 Å². The molecule has 4 aromatic rings. The number of nitrogens with zero attached hydrogens (tertiary/aromatic N) is 3. The highest BCUT2D eigenvalue weighted by Gasteiger charge is 2.19. The van der Waals surface area contributed by atoms with E-state index in [9.17, 15) is 10.1 Å². The van der Waals surface area contributed by atoms with Crippen LogP contribution in [-0.2, 0) is 0 Å². The van der Waals surface area contributed by atoms with Crippen LogP contribution in [-0.4, -0.2) is 49.0 Å². The number of nitriles is 1. The van der Waals surface area contributed by atoms with Crippen LogP contribution < -0.4 is 10.2 Å². The van der Waals surface area contributed by atoms with Crippen LogP contribution in [0.25, 0.3) is 10.9 Å². The molecule has 0 radical (unpaired) electrons. The number of anilines is 2. The fourth-order valence-corrected chi connectivity index (χ4v) is 6.08. The third-order valence-electron chi connectivity index (χ3n) is 6.24. The second kappa shape index (κ2) is 13.0. The minimum Gasteiger partial charge on any atom is -0.368 e. The lowest BCUT2D eigenvalue weighted by atomic mass is 10.1. The second-order valence-electron chi connectivity index (χ2n) is 8.81. The van der Waals surface area contributed by atoms with E-state index in [-0.39, 0.29) is 5.91 Å². The Morgan fingerprint density at radius 1 is 0.949 bits per heavy atom. The largest absolute Gasteiger partial charge is 0.368 e. The number of hydrogen-bond acceptors (Lipinski definition) is 5. The molecule has 5 rings (SSSR count). The summed E-state index contributed by atoms with van der Waals surface area (Å²) in [5, 5.41) is 15.1. The van der Waals surface area contributed by atoms with Crippen LogP contribution in [0.4, 0.5) is 11.4 Å². The SMILES string of the molecule is CC.CN1CCN(c2ccc(NC(=O)c3cc4c(Sc5ccc(Cl)cc5Cl)cc(Cl)cc4[nH]3)cc2C#N)CC1. The third kappa shape index (κ3) is 6.84.